The van der Waals surface area contributed by atoms with Gasteiger partial charge in [-0.15, -0.1) is 0 Å². The molecule has 6 nitrogen and oxygen atoms in total. The quantitative estimate of drug-likeness (QED) is 0.134. The van der Waals surface area contributed by atoms with E-state index in [9.17, 15) is 19.8 Å². The maximum atomic E-state index is 12.2. The van der Waals surface area contributed by atoms with Crippen LogP contribution in [0.5, 0.6) is 0 Å². The molecule has 0 heterocycles. The second kappa shape index (κ2) is 19.0. The van der Waals surface area contributed by atoms with Gasteiger partial charge in [0.1, 0.15) is 0 Å². The maximum absolute atomic E-state index is 12.2. The molecule has 1 fully saturated rings. The van der Waals surface area contributed by atoms with Crippen molar-refractivity contribution in [2.24, 2.45) is 17.1 Å². The minimum absolute atomic E-state index is 0.229. The van der Waals surface area contributed by atoms with Gasteiger partial charge in [-0.1, -0.05) is 110 Å². The van der Waals surface area contributed by atoms with Crippen molar-refractivity contribution in [3.8, 4) is 0 Å². The van der Waals surface area contributed by atoms with Crippen molar-refractivity contribution in [3.05, 3.63) is 0 Å². The number of hydrogen-bond acceptors (Lipinski definition) is 4. The molecular formula is C30H57NO5. The van der Waals surface area contributed by atoms with Crippen LogP contribution < -0.4 is 5.73 Å². The average Bonchev–Trinajstić information content (AvgIpc) is 2.85. The molecule has 36 heavy (non-hydrogen) atoms. The lowest BCUT2D eigenvalue weighted by Gasteiger charge is -2.36. The molecule has 1 rings (SSSR count). The topological polar surface area (TPSA) is 110 Å². The van der Waals surface area contributed by atoms with Gasteiger partial charge in [-0.05, 0) is 32.6 Å². The van der Waals surface area contributed by atoms with Gasteiger partial charge in [-0.25, -0.2) is 0 Å². The van der Waals surface area contributed by atoms with E-state index in [0.717, 1.165) is 70.6 Å². The normalized spacial score (nSPS) is 21.6. The summed E-state index contributed by atoms with van der Waals surface area (Å²) in [5.41, 5.74) is 4.48. The van der Waals surface area contributed by atoms with Crippen LogP contribution in [0.25, 0.3) is 0 Å². The smallest absolute Gasteiger partial charge is 0.311 e. The standard InChI is InChI=1S/C30H57NO5/c1-4-6-8-10-11-12-13-14-15-19-24(36-26-21-17-16-20-25(26)28(31)33)23-27(32)30(3,29(34)35)22-18-9-7-5-2/h24-27,32H,4-23H2,1-3H3,(H2,31,33)(H,34,35)/t24-,25-,26+,27-,30-/m0/s1. The second-order valence-electron chi connectivity index (χ2n) is 11.5. The molecular weight excluding hydrogens is 454 g/mol. The van der Waals surface area contributed by atoms with E-state index >= 15 is 0 Å². The van der Waals surface area contributed by atoms with Crippen molar-refractivity contribution in [3.63, 3.8) is 0 Å². The molecule has 6 heteroatoms. The van der Waals surface area contributed by atoms with Gasteiger partial charge in [0.05, 0.1) is 29.6 Å². The zero-order chi connectivity index (χ0) is 26.8. The number of unbranched alkanes of at least 4 members (excludes halogenated alkanes) is 11. The highest BCUT2D eigenvalue weighted by molar-refractivity contribution is 5.77. The summed E-state index contributed by atoms with van der Waals surface area (Å²) in [6.07, 6.45) is 18.6. The summed E-state index contributed by atoms with van der Waals surface area (Å²) in [5.74, 6) is -1.55. The SMILES string of the molecule is CCCCCCCCCCC[C@@H](C[C@H](O)[C@](C)(CCCCCC)C(=O)O)O[C@@H]1CCCC[C@@H]1C(N)=O. The molecule has 1 amide bonds. The predicted octanol–water partition coefficient (Wildman–Crippen LogP) is 7.15. The van der Waals surface area contributed by atoms with Crippen molar-refractivity contribution < 1.29 is 24.5 Å². The van der Waals surface area contributed by atoms with Gasteiger partial charge in [-0.2, -0.15) is 0 Å². The number of carboxylic acids is 1. The summed E-state index contributed by atoms with van der Waals surface area (Å²) in [5, 5.41) is 21.2. The molecule has 0 aromatic heterocycles. The Morgan fingerprint density at radius 1 is 0.889 bits per heavy atom. The first-order valence-corrected chi connectivity index (χ1v) is 15.1. The minimum atomic E-state index is -1.19. The summed E-state index contributed by atoms with van der Waals surface area (Å²) in [4.78, 5) is 24.2. The number of carboxylic acid groups (broad SMARTS) is 1. The lowest BCUT2D eigenvalue weighted by Crippen LogP contribution is -2.44. The number of rotatable bonds is 22. The van der Waals surface area contributed by atoms with Gasteiger partial charge in [0.25, 0.3) is 0 Å². The van der Waals surface area contributed by atoms with Crippen LogP contribution in [0.3, 0.4) is 0 Å². The molecule has 0 aromatic rings. The Bertz CT molecular complexity index is 598. The van der Waals surface area contributed by atoms with Crippen LogP contribution in [0, 0.1) is 11.3 Å². The Kier molecular flexibility index (Phi) is 17.4. The van der Waals surface area contributed by atoms with Crippen molar-refractivity contribution in [1.29, 1.82) is 0 Å². The fraction of sp³-hybridized carbons (Fsp3) is 0.933. The fourth-order valence-corrected chi connectivity index (χ4v) is 5.60. The predicted molar refractivity (Wildman–Crippen MR) is 147 cm³/mol. The van der Waals surface area contributed by atoms with Crippen LogP contribution in [-0.2, 0) is 14.3 Å². The van der Waals surface area contributed by atoms with E-state index in [4.69, 9.17) is 10.5 Å². The first-order chi connectivity index (χ1) is 17.3. The van der Waals surface area contributed by atoms with Crippen molar-refractivity contribution >= 4 is 11.9 Å². The number of nitrogens with two attached hydrogens (primary N) is 1. The highest BCUT2D eigenvalue weighted by atomic mass is 16.5. The molecule has 1 aliphatic carbocycles. The van der Waals surface area contributed by atoms with Crippen molar-refractivity contribution in [1.82, 2.24) is 0 Å². The molecule has 1 aliphatic rings. The molecule has 0 aliphatic heterocycles. The first kappa shape index (κ1) is 32.9. The minimum Gasteiger partial charge on any atom is -0.481 e. The summed E-state index contributed by atoms with van der Waals surface area (Å²) >= 11 is 0. The van der Waals surface area contributed by atoms with E-state index < -0.39 is 17.5 Å². The van der Waals surface area contributed by atoms with E-state index in [1.165, 1.54) is 44.9 Å². The summed E-state index contributed by atoms with van der Waals surface area (Å²) in [6, 6.07) is 0. The number of primary amides is 1. The highest BCUT2D eigenvalue weighted by Crippen LogP contribution is 2.35. The average molecular weight is 512 g/mol. The third-order valence-corrected chi connectivity index (χ3v) is 8.32. The summed E-state index contributed by atoms with van der Waals surface area (Å²) in [6.45, 7) is 6.04. The molecule has 0 aromatic carbocycles. The van der Waals surface area contributed by atoms with Crippen LogP contribution >= 0.6 is 0 Å². The molecule has 0 saturated heterocycles. The van der Waals surface area contributed by atoms with Gasteiger partial charge in [0, 0.05) is 6.42 Å². The Hall–Kier alpha value is -1.14. The largest absolute Gasteiger partial charge is 0.481 e. The van der Waals surface area contributed by atoms with Gasteiger partial charge in [0.2, 0.25) is 5.91 Å². The van der Waals surface area contributed by atoms with Crippen LogP contribution in [0.15, 0.2) is 0 Å². The number of aliphatic hydroxyl groups excluding tert-OH is 1. The van der Waals surface area contributed by atoms with E-state index in [1.807, 2.05) is 0 Å². The van der Waals surface area contributed by atoms with E-state index in [1.54, 1.807) is 6.92 Å². The Balaban J connectivity index is 2.73. The van der Waals surface area contributed by atoms with Crippen molar-refractivity contribution in [2.45, 2.75) is 167 Å². The lowest BCUT2D eigenvalue weighted by atomic mass is 9.76. The third-order valence-electron chi connectivity index (χ3n) is 8.32. The monoisotopic (exact) mass is 511 g/mol. The number of aliphatic carboxylic acids is 1. The van der Waals surface area contributed by atoms with Gasteiger partial charge in [-0.3, -0.25) is 9.59 Å². The number of carbonyl (C=O) groups excluding carboxylic acids is 1. The molecule has 0 bridgehead atoms. The Morgan fingerprint density at radius 2 is 1.42 bits per heavy atom. The highest BCUT2D eigenvalue weighted by Gasteiger charge is 2.42. The van der Waals surface area contributed by atoms with Crippen LogP contribution in [0.4, 0.5) is 0 Å². The zero-order valence-electron chi connectivity index (χ0n) is 23.6. The lowest BCUT2D eigenvalue weighted by molar-refractivity contribution is -0.159. The fourth-order valence-electron chi connectivity index (χ4n) is 5.60. The van der Waals surface area contributed by atoms with E-state index in [-0.39, 0.29) is 30.5 Å². The van der Waals surface area contributed by atoms with E-state index in [0.29, 0.717) is 6.42 Å². The Morgan fingerprint density at radius 3 is 1.97 bits per heavy atom. The molecule has 212 valence electrons. The molecule has 0 unspecified atom stereocenters. The van der Waals surface area contributed by atoms with Crippen LogP contribution in [0.2, 0.25) is 0 Å². The molecule has 4 N–H and O–H groups in total. The van der Waals surface area contributed by atoms with Crippen LogP contribution in [-0.4, -0.2) is 40.4 Å². The van der Waals surface area contributed by atoms with Gasteiger partial charge >= 0.3 is 5.97 Å². The number of aliphatic hydroxyl groups is 1. The van der Waals surface area contributed by atoms with Crippen molar-refractivity contribution in [2.75, 3.05) is 0 Å². The van der Waals surface area contributed by atoms with Gasteiger partial charge in [0.15, 0.2) is 0 Å². The molecule has 0 spiro atoms. The van der Waals surface area contributed by atoms with Gasteiger partial charge < -0.3 is 20.7 Å². The zero-order valence-corrected chi connectivity index (χ0v) is 23.6. The molecule has 0 radical (unpaired) electrons. The van der Waals surface area contributed by atoms with E-state index in [2.05, 4.69) is 13.8 Å². The molecule has 5 atom stereocenters. The first-order valence-electron chi connectivity index (χ1n) is 15.1. The Labute approximate surface area is 221 Å². The molecule has 1 saturated carbocycles. The third kappa shape index (κ3) is 12.4. The number of carbonyl (C=O) groups is 2. The number of ether oxygens (including phenoxy) is 1. The number of amides is 1. The summed E-state index contributed by atoms with van der Waals surface area (Å²) < 4.78 is 6.47. The van der Waals surface area contributed by atoms with Crippen LogP contribution in [0.1, 0.15) is 149 Å². The number of hydrogen-bond donors (Lipinski definition) is 3. The maximum Gasteiger partial charge on any atom is 0.311 e. The summed E-state index contributed by atoms with van der Waals surface area (Å²) in [7, 11) is 0. The second-order valence-corrected chi connectivity index (χ2v) is 11.5.